The first-order valence-electron chi connectivity index (χ1n) is 11.0. The third kappa shape index (κ3) is 5.84. The minimum Gasteiger partial charge on any atom is -0.475 e. The molecular formula is C20H20F4N10O5. The zero-order valence-electron chi connectivity index (χ0n) is 19.7. The van der Waals surface area contributed by atoms with Gasteiger partial charge in [0.2, 0.25) is 11.8 Å². The summed E-state index contributed by atoms with van der Waals surface area (Å²) < 4.78 is 52.2. The van der Waals surface area contributed by atoms with E-state index >= 15 is 0 Å². The number of hydrogen-bond acceptors (Lipinski definition) is 12. The van der Waals surface area contributed by atoms with Gasteiger partial charge in [0, 0.05) is 5.69 Å². The number of nitrogens with one attached hydrogen (secondary N) is 1. The van der Waals surface area contributed by atoms with E-state index in [2.05, 4.69) is 35.7 Å². The molecular weight excluding hydrogens is 536 g/mol. The zero-order chi connectivity index (χ0) is 28.5. The SMILES string of the molecule is CCn1nnc([C@H]2O[C@@H](n3cnc4c(N)nc(Nc5ccc(F)cc5)nc43)[C@H](O)[C@@H]2O)n1.O=C(O)C(F)(F)F. The molecule has 1 aliphatic rings. The summed E-state index contributed by atoms with van der Waals surface area (Å²) in [5, 5.41) is 43.2. The number of ether oxygens (including phenoxy) is 1. The largest absolute Gasteiger partial charge is 0.490 e. The van der Waals surface area contributed by atoms with Gasteiger partial charge >= 0.3 is 12.1 Å². The van der Waals surface area contributed by atoms with Crippen molar-refractivity contribution in [3.63, 3.8) is 0 Å². The number of aliphatic hydroxyl groups is 2. The number of benzene rings is 1. The van der Waals surface area contributed by atoms with Gasteiger partial charge in [-0.25, -0.2) is 14.2 Å². The van der Waals surface area contributed by atoms with E-state index in [4.69, 9.17) is 20.4 Å². The first-order chi connectivity index (χ1) is 18.4. The molecule has 1 aromatic carbocycles. The number of rotatable bonds is 5. The lowest BCUT2D eigenvalue weighted by Crippen LogP contribution is -2.29. The number of anilines is 3. The number of tetrazole rings is 1. The Balaban J connectivity index is 0.000000448. The molecule has 0 aliphatic carbocycles. The van der Waals surface area contributed by atoms with Gasteiger partial charge in [-0.05, 0) is 36.4 Å². The summed E-state index contributed by atoms with van der Waals surface area (Å²) in [4.78, 5) is 23.0. The summed E-state index contributed by atoms with van der Waals surface area (Å²) in [5.74, 6) is -2.75. The fraction of sp³-hybridized carbons (Fsp3) is 0.350. The van der Waals surface area contributed by atoms with E-state index in [9.17, 15) is 27.8 Å². The van der Waals surface area contributed by atoms with Crippen LogP contribution in [0, 0.1) is 5.82 Å². The van der Waals surface area contributed by atoms with E-state index in [1.807, 2.05) is 6.92 Å². The van der Waals surface area contributed by atoms with Crippen LogP contribution in [0.4, 0.5) is 35.0 Å². The van der Waals surface area contributed by atoms with Gasteiger partial charge in [-0.2, -0.15) is 27.9 Å². The van der Waals surface area contributed by atoms with Gasteiger partial charge in [0.05, 0.1) is 12.9 Å². The average molecular weight is 556 g/mol. The van der Waals surface area contributed by atoms with Gasteiger partial charge in [-0.15, -0.1) is 10.2 Å². The fourth-order valence-electron chi connectivity index (χ4n) is 3.45. The Kier molecular flexibility index (Phi) is 7.56. The van der Waals surface area contributed by atoms with E-state index in [-0.39, 0.29) is 29.1 Å². The second-order valence-electron chi connectivity index (χ2n) is 7.96. The molecule has 1 saturated heterocycles. The Hall–Kier alpha value is -4.49. The summed E-state index contributed by atoms with van der Waals surface area (Å²) in [6.45, 7) is 2.34. The van der Waals surface area contributed by atoms with Crippen molar-refractivity contribution in [1.29, 1.82) is 0 Å². The normalized spacial score (nSPS) is 21.0. The zero-order valence-corrected chi connectivity index (χ0v) is 19.7. The first kappa shape index (κ1) is 27.5. The smallest absolute Gasteiger partial charge is 0.475 e. The number of aryl methyl sites for hydroxylation is 1. The monoisotopic (exact) mass is 556 g/mol. The van der Waals surface area contributed by atoms with E-state index in [0.717, 1.165) is 0 Å². The lowest BCUT2D eigenvalue weighted by Gasteiger charge is -2.16. The van der Waals surface area contributed by atoms with Gasteiger partial charge < -0.3 is 31.1 Å². The molecule has 19 heteroatoms. The van der Waals surface area contributed by atoms with Gasteiger partial charge in [0.15, 0.2) is 23.8 Å². The van der Waals surface area contributed by atoms with Crippen LogP contribution in [0.1, 0.15) is 25.1 Å². The number of halogens is 4. The Labute approximate surface area is 214 Å². The quantitative estimate of drug-likeness (QED) is 0.217. The van der Waals surface area contributed by atoms with Gasteiger partial charge in [-0.1, -0.05) is 0 Å². The summed E-state index contributed by atoms with van der Waals surface area (Å²) >= 11 is 0. The van der Waals surface area contributed by atoms with Crippen LogP contribution in [0.25, 0.3) is 11.2 Å². The van der Waals surface area contributed by atoms with Crippen LogP contribution >= 0.6 is 0 Å². The first-order valence-corrected chi connectivity index (χ1v) is 11.0. The molecule has 1 aliphatic heterocycles. The molecule has 0 bridgehead atoms. The van der Waals surface area contributed by atoms with Crippen LogP contribution in [-0.2, 0) is 16.1 Å². The van der Waals surface area contributed by atoms with Crippen molar-refractivity contribution in [3.8, 4) is 0 Å². The lowest BCUT2D eigenvalue weighted by atomic mass is 10.1. The number of carbonyl (C=O) groups is 1. The molecule has 0 radical (unpaired) electrons. The van der Waals surface area contributed by atoms with E-state index < -0.39 is 36.7 Å². The van der Waals surface area contributed by atoms with Gasteiger partial charge in [0.25, 0.3) is 0 Å². The number of fused-ring (bicyclic) bond motifs is 1. The molecule has 4 aromatic rings. The molecule has 1 fully saturated rings. The number of nitrogen functional groups attached to an aromatic ring is 1. The maximum atomic E-state index is 13.2. The molecule has 4 heterocycles. The Bertz CT molecular complexity index is 1460. The molecule has 4 atom stereocenters. The molecule has 0 amide bonds. The minimum absolute atomic E-state index is 0.0931. The highest BCUT2D eigenvalue weighted by Gasteiger charge is 2.47. The topological polar surface area (TPSA) is 212 Å². The summed E-state index contributed by atoms with van der Waals surface area (Å²) in [5.41, 5.74) is 7.14. The van der Waals surface area contributed by atoms with Crippen molar-refractivity contribution >= 4 is 34.6 Å². The number of imidazole rings is 1. The highest BCUT2D eigenvalue weighted by molar-refractivity contribution is 5.83. The van der Waals surface area contributed by atoms with E-state index in [0.29, 0.717) is 17.7 Å². The summed E-state index contributed by atoms with van der Waals surface area (Å²) in [6, 6.07) is 5.64. The molecule has 0 unspecified atom stereocenters. The number of carboxylic acid groups (broad SMARTS) is 1. The van der Waals surface area contributed by atoms with Gasteiger partial charge in [-0.3, -0.25) is 4.57 Å². The Morgan fingerprint density at radius 2 is 1.85 bits per heavy atom. The number of aliphatic hydroxyl groups excluding tert-OH is 2. The van der Waals surface area contributed by atoms with Crippen molar-refractivity contribution < 1.29 is 42.4 Å². The van der Waals surface area contributed by atoms with Crippen molar-refractivity contribution in [2.45, 2.75) is 44.2 Å². The van der Waals surface area contributed by atoms with Crippen LogP contribution < -0.4 is 11.1 Å². The number of nitrogens with two attached hydrogens (primary N) is 1. The fourth-order valence-corrected chi connectivity index (χ4v) is 3.45. The number of nitrogens with zero attached hydrogens (tertiary/aromatic N) is 8. The number of aromatic nitrogens is 8. The summed E-state index contributed by atoms with van der Waals surface area (Å²) in [7, 11) is 0. The highest BCUT2D eigenvalue weighted by atomic mass is 19.4. The van der Waals surface area contributed by atoms with Crippen LogP contribution in [0.15, 0.2) is 30.6 Å². The van der Waals surface area contributed by atoms with Crippen molar-refractivity contribution in [2.24, 2.45) is 0 Å². The van der Waals surface area contributed by atoms with E-state index in [1.165, 1.54) is 40.0 Å². The maximum absolute atomic E-state index is 13.2. The molecule has 5 rings (SSSR count). The number of carboxylic acids is 1. The molecule has 3 aromatic heterocycles. The molecule has 6 N–H and O–H groups in total. The Morgan fingerprint density at radius 1 is 1.18 bits per heavy atom. The second kappa shape index (κ2) is 10.7. The van der Waals surface area contributed by atoms with Crippen LogP contribution in [-0.4, -0.2) is 79.4 Å². The Morgan fingerprint density at radius 3 is 2.44 bits per heavy atom. The summed E-state index contributed by atoms with van der Waals surface area (Å²) in [6.07, 6.45) is -8.36. The average Bonchev–Trinajstić information content (AvgIpc) is 3.59. The number of hydrogen-bond donors (Lipinski definition) is 5. The highest BCUT2D eigenvalue weighted by Crippen LogP contribution is 2.38. The van der Waals surface area contributed by atoms with Crippen LogP contribution in [0.3, 0.4) is 0 Å². The minimum atomic E-state index is -5.08. The van der Waals surface area contributed by atoms with E-state index in [1.54, 1.807) is 0 Å². The molecule has 0 saturated carbocycles. The maximum Gasteiger partial charge on any atom is 0.490 e. The van der Waals surface area contributed by atoms with Crippen molar-refractivity contribution in [3.05, 3.63) is 42.2 Å². The lowest BCUT2D eigenvalue weighted by molar-refractivity contribution is -0.192. The molecule has 0 spiro atoms. The molecule has 39 heavy (non-hydrogen) atoms. The predicted molar refractivity (Wildman–Crippen MR) is 121 cm³/mol. The van der Waals surface area contributed by atoms with Crippen LogP contribution in [0.2, 0.25) is 0 Å². The number of aliphatic carboxylic acids is 1. The molecule has 208 valence electrons. The number of alkyl halides is 3. The second-order valence-corrected chi connectivity index (χ2v) is 7.96. The molecule has 15 nitrogen and oxygen atoms in total. The standard InChI is InChI=1S/C18H19FN10O3.C2HF3O2/c1-2-29-26-15(25-27-29)13-11(30)12(31)17(32-13)28-7-21-10-14(20)23-18(24-16(10)28)22-9-5-3-8(19)4-6-9;3-2(4,5)1(6)7/h3-7,11-13,17,30-31H,2H2,1H3,(H3,20,22,23,24);(H,6,7)/t11-,12+,13-,17+;/m0./s1. The predicted octanol–water partition coefficient (Wildman–Crippen LogP) is 0.923. The van der Waals surface area contributed by atoms with Gasteiger partial charge in [0.1, 0.15) is 23.5 Å². The van der Waals surface area contributed by atoms with Crippen LogP contribution in [0.5, 0.6) is 0 Å². The van der Waals surface area contributed by atoms with Crippen molar-refractivity contribution in [2.75, 3.05) is 11.1 Å². The third-order valence-electron chi connectivity index (χ3n) is 5.31. The van der Waals surface area contributed by atoms with Crippen molar-refractivity contribution in [1.82, 2.24) is 39.7 Å². The third-order valence-corrected chi connectivity index (χ3v) is 5.31.